The van der Waals surface area contributed by atoms with E-state index in [0.29, 0.717) is 49.3 Å². The van der Waals surface area contributed by atoms with Crippen LogP contribution in [0.3, 0.4) is 0 Å². The standard InChI is InChI=1S/C51H83N5O8SSi/c1-16-33(6)44-49(60)56-26-20-21-41(56)50(61)63-43(51(10,11)12)28-32(5)27-42(64-66(17-2,18-3)19-4)35(8)46-52-38(31-65-46)29-34(7)45(57)53-40(30-37-22-24-39(62-15)25-23-37)48(59)54(13)36(9)47(58)55(44)14/h22-25,29,32-33,35-36,38,40-44H,16-21,26-28,30-31H2,1-15H3,(H,53,57)/b34-29+/t32-,33-,35-,36-,38-,40-,41-,42-,43-,44-/m0/s1. The number of benzene rings is 1. The van der Waals surface area contributed by atoms with Crippen LogP contribution in [0, 0.1) is 23.2 Å². The molecule has 1 saturated heterocycles. The molecule has 3 aliphatic heterocycles. The Morgan fingerprint density at radius 3 is 2.14 bits per heavy atom. The predicted octanol–water partition coefficient (Wildman–Crippen LogP) is 8.31. The number of nitrogens with zero attached hydrogens (tertiary/aromatic N) is 4. The fourth-order valence-corrected chi connectivity index (χ4v) is 13.6. The molecule has 370 valence electrons. The molecule has 10 atom stereocenters. The number of hydrogen-bond donors (Lipinski definition) is 1. The topological polar surface area (TPSA) is 147 Å². The van der Waals surface area contributed by atoms with Gasteiger partial charge >= 0.3 is 5.97 Å². The summed E-state index contributed by atoms with van der Waals surface area (Å²) in [6.07, 6.45) is 4.58. The molecule has 0 unspecified atom stereocenters. The highest BCUT2D eigenvalue weighted by Gasteiger charge is 2.45. The van der Waals surface area contributed by atoms with Crippen molar-refractivity contribution in [3.63, 3.8) is 0 Å². The predicted molar refractivity (Wildman–Crippen MR) is 268 cm³/mol. The van der Waals surface area contributed by atoms with E-state index in [0.717, 1.165) is 35.2 Å². The SMILES string of the molecule is CC[C@H](C)[C@H]1C(=O)N2CCC[C@H]2C(=O)O[C@H](C(C)(C)C)C[C@@H](C)C[C@H](O[Si](CC)(CC)CC)[C@H](C)C2=N[C@@H](/C=C(\C)C(=O)N[C@@H](Cc3ccc(OC)cc3)C(=O)N(C)[C@@H](C)C(=O)N1C)CS2. The van der Waals surface area contributed by atoms with E-state index in [1.54, 1.807) is 63.8 Å². The minimum atomic E-state index is -2.07. The highest BCUT2D eigenvalue weighted by molar-refractivity contribution is 8.14. The molecule has 66 heavy (non-hydrogen) atoms. The van der Waals surface area contributed by atoms with Gasteiger partial charge in [-0.25, -0.2) is 4.79 Å². The summed E-state index contributed by atoms with van der Waals surface area (Å²) in [5.41, 5.74) is 0.852. The first-order valence-electron chi connectivity index (χ1n) is 24.6. The van der Waals surface area contributed by atoms with Gasteiger partial charge in [0, 0.05) is 44.3 Å². The summed E-state index contributed by atoms with van der Waals surface area (Å²) in [5.74, 6) is -0.809. The van der Waals surface area contributed by atoms with E-state index in [2.05, 4.69) is 60.7 Å². The Kier molecular flexibility index (Phi) is 20.0. The normalized spacial score (nSPS) is 29.8. The molecule has 3 heterocycles. The number of thioether (sulfide) groups is 1. The van der Waals surface area contributed by atoms with Crippen LogP contribution in [0.4, 0.5) is 0 Å². The smallest absolute Gasteiger partial charge is 0.329 e. The Morgan fingerprint density at radius 1 is 0.924 bits per heavy atom. The number of carbonyl (C=O) groups excluding carboxylic acids is 5. The second-order valence-electron chi connectivity index (χ2n) is 20.4. The highest BCUT2D eigenvalue weighted by atomic mass is 32.2. The fraction of sp³-hybridized carbons (Fsp3) is 0.725. The lowest BCUT2D eigenvalue weighted by Gasteiger charge is -2.39. The van der Waals surface area contributed by atoms with E-state index in [1.165, 1.54) is 9.80 Å². The average Bonchev–Trinajstić information content (AvgIpc) is 3.99. The number of nitrogens with one attached hydrogen (secondary N) is 1. The Balaban J connectivity index is 1.82. The van der Waals surface area contributed by atoms with Crippen LogP contribution in [0.25, 0.3) is 0 Å². The molecule has 1 aromatic carbocycles. The maximum Gasteiger partial charge on any atom is 0.329 e. The van der Waals surface area contributed by atoms with Crippen LogP contribution in [0.15, 0.2) is 40.9 Å². The molecule has 15 heteroatoms. The zero-order chi connectivity index (χ0) is 49.3. The number of fused-ring (bicyclic) bond motifs is 2. The third-order valence-electron chi connectivity index (χ3n) is 14.7. The summed E-state index contributed by atoms with van der Waals surface area (Å²) >= 11 is 1.70. The molecule has 1 fully saturated rings. The second kappa shape index (κ2) is 24.0. The van der Waals surface area contributed by atoms with Crippen LogP contribution < -0.4 is 10.1 Å². The van der Waals surface area contributed by atoms with Crippen molar-refractivity contribution in [2.75, 3.05) is 33.5 Å². The van der Waals surface area contributed by atoms with Crippen LogP contribution in [0.5, 0.6) is 5.75 Å². The Hall–Kier alpha value is -3.69. The molecule has 4 amide bonds. The largest absolute Gasteiger partial charge is 0.497 e. The van der Waals surface area contributed by atoms with Gasteiger partial charge in [-0.05, 0) is 92.6 Å². The van der Waals surface area contributed by atoms with Crippen molar-refractivity contribution in [2.24, 2.45) is 28.2 Å². The van der Waals surface area contributed by atoms with Crippen molar-refractivity contribution in [1.82, 2.24) is 20.0 Å². The summed E-state index contributed by atoms with van der Waals surface area (Å²) in [7, 11) is 2.67. The molecule has 3 aliphatic rings. The number of rotatable bonds is 10. The first-order valence-corrected chi connectivity index (χ1v) is 28.1. The van der Waals surface area contributed by atoms with Crippen molar-refractivity contribution in [1.29, 1.82) is 0 Å². The van der Waals surface area contributed by atoms with Crippen molar-refractivity contribution in [3.8, 4) is 5.75 Å². The number of carbonyl (C=O) groups is 5. The van der Waals surface area contributed by atoms with Gasteiger partial charge in [0.2, 0.25) is 23.6 Å². The number of methoxy groups -OCH3 is 1. The van der Waals surface area contributed by atoms with Gasteiger partial charge in [-0.2, -0.15) is 0 Å². The van der Waals surface area contributed by atoms with E-state index in [-0.39, 0.29) is 47.6 Å². The minimum Gasteiger partial charge on any atom is -0.497 e. The fourth-order valence-electron chi connectivity index (χ4n) is 9.56. The van der Waals surface area contributed by atoms with Gasteiger partial charge in [0.1, 0.15) is 36.0 Å². The third-order valence-corrected chi connectivity index (χ3v) is 20.7. The van der Waals surface area contributed by atoms with E-state index in [4.69, 9.17) is 18.9 Å². The van der Waals surface area contributed by atoms with E-state index < -0.39 is 62.3 Å². The molecule has 0 saturated carbocycles. The zero-order valence-corrected chi connectivity index (χ0v) is 44.7. The number of hydrogen-bond acceptors (Lipinski definition) is 10. The lowest BCUT2D eigenvalue weighted by molar-refractivity contribution is -0.166. The summed E-state index contributed by atoms with van der Waals surface area (Å²) in [6.45, 7) is 25.1. The summed E-state index contributed by atoms with van der Waals surface area (Å²) in [6, 6.07) is 6.40. The molecular weight excluding hydrogens is 871 g/mol. The van der Waals surface area contributed by atoms with Crippen molar-refractivity contribution in [3.05, 3.63) is 41.5 Å². The van der Waals surface area contributed by atoms with E-state index in [9.17, 15) is 24.0 Å². The van der Waals surface area contributed by atoms with Crippen molar-refractivity contribution in [2.45, 2.75) is 182 Å². The Labute approximate surface area is 402 Å². The molecule has 0 spiro atoms. The maximum atomic E-state index is 14.8. The first-order chi connectivity index (χ1) is 31.0. The molecule has 0 aromatic heterocycles. The summed E-state index contributed by atoms with van der Waals surface area (Å²) < 4.78 is 19.2. The molecule has 0 aliphatic carbocycles. The van der Waals surface area contributed by atoms with Gasteiger partial charge in [0.15, 0.2) is 8.32 Å². The number of amides is 4. The van der Waals surface area contributed by atoms with Crippen molar-refractivity contribution >= 4 is 54.7 Å². The van der Waals surface area contributed by atoms with E-state index in [1.807, 2.05) is 32.1 Å². The molecular formula is C51H83N5O8SSi. The number of aliphatic imine (C=N–C) groups is 1. The van der Waals surface area contributed by atoms with Gasteiger partial charge in [0.25, 0.3) is 0 Å². The van der Waals surface area contributed by atoms with Crippen LogP contribution in [0.1, 0.15) is 121 Å². The summed E-state index contributed by atoms with van der Waals surface area (Å²) in [4.78, 5) is 81.9. The van der Waals surface area contributed by atoms with Crippen LogP contribution in [0.2, 0.25) is 18.1 Å². The Morgan fingerprint density at radius 2 is 1.56 bits per heavy atom. The summed E-state index contributed by atoms with van der Waals surface area (Å²) in [5, 5.41) is 4.00. The van der Waals surface area contributed by atoms with E-state index >= 15 is 0 Å². The third kappa shape index (κ3) is 13.5. The molecule has 2 bridgehead atoms. The number of ether oxygens (including phenoxy) is 2. The number of likely N-dealkylation sites (N-methyl/N-ethyl adjacent to an activating group) is 2. The minimum absolute atomic E-state index is 0.00647. The molecule has 4 rings (SSSR count). The molecule has 13 nitrogen and oxygen atoms in total. The lowest BCUT2D eigenvalue weighted by Crippen LogP contribution is -2.59. The van der Waals surface area contributed by atoms with Crippen LogP contribution in [-0.2, 0) is 39.6 Å². The lowest BCUT2D eigenvalue weighted by atomic mass is 9.81. The Bertz CT molecular complexity index is 1890. The van der Waals surface area contributed by atoms with Crippen molar-refractivity contribution < 1.29 is 37.9 Å². The van der Waals surface area contributed by atoms with Gasteiger partial charge in [-0.3, -0.25) is 24.2 Å². The first kappa shape index (κ1) is 54.9. The van der Waals surface area contributed by atoms with Gasteiger partial charge in [0.05, 0.1) is 24.3 Å². The van der Waals surface area contributed by atoms with Gasteiger partial charge < -0.3 is 33.9 Å². The van der Waals surface area contributed by atoms with Crippen LogP contribution in [-0.4, -0.2) is 134 Å². The highest BCUT2D eigenvalue weighted by Crippen LogP contribution is 2.37. The van der Waals surface area contributed by atoms with Crippen LogP contribution >= 0.6 is 11.8 Å². The van der Waals surface area contributed by atoms with Gasteiger partial charge in [-0.15, -0.1) is 11.8 Å². The zero-order valence-electron chi connectivity index (χ0n) is 42.9. The molecule has 1 aromatic rings. The number of esters is 1. The average molecular weight is 954 g/mol. The van der Waals surface area contributed by atoms with Gasteiger partial charge in [-0.1, -0.05) is 93.9 Å². The monoisotopic (exact) mass is 954 g/mol. The second-order valence-corrected chi connectivity index (χ2v) is 26.2. The molecule has 1 N–H and O–H groups in total. The molecule has 0 radical (unpaired) electrons. The quantitative estimate of drug-likeness (QED) is 0.181. The number of cyclic esters (lactones) is 1. The maximum absolute atomic E-state index is 14.8.